The average molecular weight is 228 g/mol. The summed E-state index contributed by atoms with van der Waals surface area (Å²) in [6.07, 6.45) is 2.56. The van der Waals surface area contributed by atoms with Crippen molar-refractivity contribution in [1.29, 1.82) is 0 Å². The van der Waals surface area contributed by atoms with E-state index >= 15 is 0 Å². The molecule has 64 valence electrons. The van der Waals surface area contributed by atoms with E-state index in [9.17, 15) is 0 Å². The first-order chi connectivity index (χ1) is 5.77. The molecule has 0 radical (unpaired) electrons. The van der Waals surface area contributed by atoms with Crippen molar-refractivity contribution in [2.24, 2.45) is 0 Å². The van der Waals surface area contributed by atoms with Gasteiger partial charge in [0.25, 0.3) is 0 Å². The van der Waals surface area contributed by atoms with Crippen molar-refractivity contribution < 1.29 is 4.74 Å². The van der Waals surface area contributed by atoms with Crippen LogP contribution in [-0.2, 0) is 6.42 Å². The molecule has 0 saturated carbocycles. The molecule has 0 unspecified atom stereocenters. The number of hydrogen-bond donors (Lipinski definition) is 0. The predicted octanol–water partition coefficient (Wildman–Crippen LogP) is 2.58. The number of allylic oxidation sites excluding steroid dienone is 1. The Bertz CT molecular complexity index is 286. The summed E-state index contributed by atoms with van der Waals surface area (Å²) < 4.78 is 5.98. The van der Waals surface area contributed by atoms with Crippen molar-refractivity contribution in [3.8, 4) is 5.88 Å². The van der Waals surface area contributed by atoms with Gasteiger partial charge < -0.3 is 4.74 Å². The molecular weight excluding hydrogens is 218 g/mol. The minimum atomic E-state index is 0.634. The fourth-order valence-corrected chi connectivity index (χ4v) is 1.24. The molecule has 0 aliphatic heterocycles. The minimum Gasteiger partial charge on any atom is -0.481 e. The van der Waals surface area contributed by atoms with Crippen molar-refractivity contribution in [3.63, 3.8) is 0 Å². The van der Waals surface area contributed by atoms with Crippen LogP contribution >= 0.6 is 15.9 Å². The molecule has 0 aliphatic rings. The highest BCUT2D eigenvalue weighted by molar-refractivity contribution is 9.10. The van der Waals surface area contributed by atoms with Crippen LogP contribution in [0.4, 0.5) is 0 Å². The SMILES string of the molecule is C=CCc1nc(OC)ccc1Br. The van der Waals surface area contributed by atoms with Gasteiger partial charge in [-0.15, -0.1) is 6.58 Å². The van der Waals surface area contributed by atoms with Gasteiger partial charge in [0, 0.05) is 17.0 Å². The number of rotatable bonds is 3. The van der Waals surface area contributed by atoms with Crippen molar-refractivity contribution in [3.05, 3.63) is 35.0 Å². The molecule has 0 saturated heterocycles. The zero-order chi connectivity index (χ0) is 8.97. The third-order valence-electron chi connectivity index (χ3n) is 1.44. The van der Waals surface area contributed by atoms with Crippen molar-refractivity contribution in [1.82, 2.24) is 4.98 Å². The summed E-state index contributed by atoms with van der Waals surface area (Å²) in [6, 6.07) is 3.74. The van der Waals surface area contributed by atoms with E-state index in [4.69, 9.17) is 4.74 Å². The van der Waals surface area contributed by atoms with Crippen LogP contribution in [0.25, 0.3) is 0 Å². The molecule has 0 bridgehead atoms. The number of nitrogens with zero attached hydrogens (tertiary/aromatic N) is 1. The molecule has 1 rings (SSSR count). The van der Waals surface area contributed by atoms with E-state index in [1.165, 1.54) is 0 Å². The predicted molar refractivity (Wildman–Crippen MR) is 52.4 cm³/mol. The Balaban J connectivity index is 2.99. The summed E-state index contributed by atoms with van der Waals surface area (Å²) in [6.45, 7) is 3.65. The van der Waals surface area contributed by atoms with Gasteiger partial charge in [-0.25, -0.2) is 4.98 Å². The zero-order valence-corrected chi connectivity index (χ0v) is 8.47. The summed E-state index contributed by atoms with van der Waals surface area (Å²) in [5.41, 5.74) is 0.948. The maximum Gasteiger partial charge on any atom is 0.213 e. The van der Waals surface area contributed by atoms with E-state index in [2.05, 4.69) is 27.5 Å². The van der Waals surface area contributed by atoms with Crippen LogP contribution in [0.2, 0.25) is 0 Å². The molecule has 12 heavy (non-hydrogen) atoms. The number of methoxy groups -OCH3 is 1. The highest BCUT2D eigenvalue weighted by atomic mass is 79.9. The number of aromatic nitrogens is 1. The lowest BCUT2D eigenvalue weighted by Crippen LogP contribution is -1.93. The summed E-state index contributed by atoms with van der Waals surface area (Å²) in [4.78, 5) is 4.24. The molecule has 1 aromatic rings. The van der Waals surface area contributed by atoms with Crippen LogP contribution < -0.4 is 4.74 Å². The molecule has 0 N–H and O–H groups in total. The van der Waals surface area contributed by atoms with Crippen molar-refractivity contribution >= 4 is 15.9 Å². The quantitative estimate of drug-likeness (QED) is 0.741. The Morgan fingerprint density at radius 1 is 1.67 bits per heavy atom. The zero-order valence-electron chi connectivity index (χ0n) is 6.88. The van der Waals surface area contributed by atoms with Crippen LogP contribution in [0.1, 0.15) is 5.69 Å². The second kappa shape index (κ2) is 4.26. The normalized spacial score (nSPS) is 9.50. The highest BCUT2D eigenvalue weighted by Gasteiger charge is 2.00. The first kappa shape index (κ1) is 9.26. The standard InChI is InChI=1S/C9H10BrNO/c1-3-4-8-7(10)5-6-9(11-8)12-2/h3,5-6H,1,4H2,2H3. The van der Waals surface area contributed by atoms with Crippen LogP contribution in [0.5, 0.6) is 5.88 Å². The fraction of sp³-hybridized carbons (Fsp3) is 0.222. The van der Waals surface area contributed by atoms with E-state index in [1.807, 2.05) is 18.2 Å². The number of ether oxygens (including phenoxy) is 1. The summed E-state index contributed by atoms with van der Waals surface area (Å²) in [5, 5.41) is 0. The van der Waals surface area contributed by atoms with Gasteiger partial charge in [-0.05, 0) is 22.0 Å². The highest BCUT2D eigenvalue weighted by Crippen LogP contribution is 2.18. The lowest BCUT2D eigenvalue weighted by molar-refractivity contribution is 0.396. The Kier molecular flexibility index (Phi) is 3.29. The molecule has 2 nitrogen and oxygen atoms in total. The molecular formula is C9H10BrNO. The fourth-order valence-electron chi connectivity index (χ4n) is 0.858. The summed E-state index contributed by atoms with van der Waals surface area (Å²) in [5.74, 6) is 0.634. The van der Waals surface area contributed by atoms with Gasteiger partial charge in [-0.3, -0.25) is 0 Å². The maximum absolute atomic E-state index is 4.99. The van der Waals surface area contributed by atoms with Crippen LogP contribution in [0.3, 0.4) is 0 Å². The van der Waals surface area contributed by atoms with Gasteiger partial charge >= 0.3 is 0 Å². The monoisotopic (exact) mass is 227 g/mol. The minimum absolute atomic E-state index is 0.634. The molecule has 0 atom stereocenters. The molecule has 1 heterocycles. The molecule has 3 heteroatoms. The first-order valence-electron chi connectivity index (χ1n) is 3.58. The molecule has 0 aromatic carbocycles. The molecule has 0 spiro atoms. The Hall–Kier alpha value is -0.830. The first-order valence-corrected chi connectivity index (χ1v) is 4.37. The van der Waals surface area contributed by atoms with Crippen LogP contribution in [0.15, 0.2) is 29.3 Å². The van der Waals surface area contributed by atoms with E-state index in [1.54, 1.807) is 7.11 Å². The largest absolute Gasteiger partial charge is 0.481 e. The van der Waals surface area contributed by atoms with Gasteiger partial charge in [0.2, 0.25) is 5.88 Å². The Morgan fingerprint density at radius 2 is 2.42 bits per heavy atom. The van der Waals surface area contributed by atoms with Gasteiger partial charge in [0.1, 0.15) is 0 Å². The third-order valence-corrected chi connectivity index (χ3v) is 2.16. The van der Waals surface area contributed by atoms with E-state index in [-0.39, 0.29) is 0 Å². The van der Waals surface area contributed by atoms with Crippen molar-refractivity contribution in [2.75, 3.05) is 7.11 Å². The summed E-state index contributed by atoms with van der Waals surface area (Å²) >= 11 is 3.39. The second-order valence-corrected chi connectivity index (χ2v) is 3.13. The lowest BCUT2D eigenvalue weighted by Gasteiger charge is -2.02. The van der Waals surface area contributed by atoms with Gasteiger partial charge in [-0.1, -0.05) is 6.08 Å². The van der Waals surface area contributed by atoms with E-state index < -0.39 is 0 Å². The Labute approximate surface area is 80.4 Å². The smallest absolute Gasteiger partial charge is 0.213 e. The van der Waals surface area contributed by atoms with Crippen molar-refractivity contribution in [2.45, 2.75) is 6.42 Å². The topological polar surface area (TPSA) is 22.1 Å². The van der Waals surface area contributed by atoms with Gasteiger partial charge in [0.05, 0.1) is 12.8 Å². The molecule has 0 aliphatic carbocycles. The Morgan fingerprint density at radius 3 is 3.00 bits per heavy atom. The van der Waals surface area contributed by atoms with Gasteiger partial charge in [0.15, 0.2) is 0 Å². The third kappa shape index (κ3) is 2.08. The summed E-state index contributed by atoms with van der Waals surface area (Å²) in [7, 11) is 1.61. The maximum atomic E-state index is 4.99. The second-order valence-electron chi connectivity index (χ2n) is 2.27. The molecule has 0 amide bonds. The number of hydrogen-bond acceptors (Lipinski definition) is 2. The lowest BCUT2D eigenvalue weighted by atomic mass is 10.3. The van der Waals surface area contributed by atoms with Crippen LogP contribution in [-0.4, -0.2) is 12.1 Å². The number of halogens is 1. The molecule has 1 aromatic heterocycles. The van der Waals surface area contributed by atoms with Gasteiger partial charge in [-0.2, -0.15) is 0 Å². The average Bonchev–Trinajstić information content (AvgIpc) is 2.09. The number of pyridine rings is 1. The van der Waals surface area contributed by atoms with E-state index in [0.29, 0.717) is 5.88 Å². The van der Waals surface area contributed by atoms with Crippen LogP contribution in [0, 0.1) is 0 Å². The molecule has 0 fully saturated rings. The van der Waals surface area contributed by atoms with E-state index in [0.717, 1.165) is 16.6 Å².